The summed E-state index contributed by atoms with van der Waals surface area (Å²) in [5.74, 6) is 2.48. The Kier molecular flexibility index (Phi) is 3.93. The molecule has 0 atom stereocenters. The Morgan fingerprint density at radius 2 is 1.88 bits per heavy atom. The van der Waals surface area contributed by atoms with Crippen molar-refractivity contribution in [2.45, 2.75) is 13.3 Å². The molecule has 0 bridgehead atoms. The molecule has 0 radical (unpaired) electrons. The Balaban J connectivity index is 1.53. The lowest BCUT2D eigenvalue weighted by Gasteiger charge is -2.35. The van der Waals surface area contributed by atoms with Gasteiger partial charge in [-0.3, -0.25) is 0 Å². The number of oxazole rings is 1. The molecule has 0 saturated carbocycles. The summed E-state index contributed by atoms with van der Waals surface area (Å²) in [6, 6.07) is 3.82. The number of aromatic nitrogens is 4. The zero-order chi connectivity index (χ0) is 16.5. The first kappa shape index (κ1) is 15.1. The highest BCUT2D eigenvalue weighted by Gasteiger charge is 2.22. The van der Waals surface area contributed by atoms with E-state index in [0.717, 1.165) is 49.8 Å². The van der Waals surface area contributed by atoms with Crippen molar-refractivity contribution in [1.29, 1.82) is 0 Å². The van der Waals surface area contributed by atoms with Gasteiger partial charge in [-0.25, -0.2) is 15.0 Å². The van der Waals surface area contributed by atoms with E-state index >= 15 is 0 Å². The topological polar surface area (TPSA) is 71.2 Å². The highest BCUT2D eigenvalue weighted by Crippen LogP contribution is 2.25. The predicted molar refractivity (Wildman–Crippen MR) is 92.7 cm³/mol. The summed E-state index contributed by atoms with van der Waals surface area (Å²) in [5, 5.41) is 0.651. The SMILES string of the molecule is CCc1nc2c(N3CCN(c4ccc(Cl)cn4)CC3)ncnc2o1. The van der Waals surface area contributed by atoms with Crippen LogP contribution in [0, 0.1) is 0 Å². The van der Waals surface area contributed by atoms with Crippen LogP contribution in [0.4, 0.5) is 11.6 Å². The molecule has 8 heteroatoms. The van der Waals surface area contributed by atoms with Crippen LogP contribution in [-0.4, -0.2) is 46.1 Å². The second-order valence-corrected chi connectivity index (χ2v) is 6.06. The van der Waals surface area contributed by atoms with Gasteiger partial charge >= 0.3 is 0 Å². The lowest BCUT2D eigenvalue weighted by Crippen LogP contribution is -2.47. The van der Waals surface area contributed by atoms with Crippen molar-refractivity contribution in [3.8, 4) is 0 Å². The molecule has 1 aliphatic rings. The normalized spacial score (nSPS) is 15.2. The third-order valence-electron chi connectivity index (χ3n) is 4.14. The van der Waals surface area contributed by atoms with E-state index in [2.05, 4.69) is 29.7 Å². The Bertz CT molecular complexity index is 841. The van der Waals surface area contributed by atoms with Gasteiger partial charge in [0.25, 0.3) is 5.71 Å². The molecule has 0 aliphatic carbocycles. The van der Waals surface area contributed by atoms with E-state index in [9.17, 15) is 0 Å². The van der Waals surface area contributed by atoms with Crippen molar-refractivity contribution < 1.29 is 4.42 Å². The Morgan fingerprint density at radius 3 is 2.58 bits per heavy atom. The van der Waals surface area contributed by atoms with Crippen LogP contribution in [0.1, 0.15) is 12.8 Å². The van der Waals surface area contributed by atoms with Crippen LogP contribution in [0.2, 0.25) is 5.02 Å². The maximum Gasteiger partial charge on any atom is 0.252 e. The van der Waals surface area contributed by atoms with Gasteiger partial charge in [0.1, 0.15) is 12.1 Å². The van der Waals surface area contributed by atoms with Crippen LogP contribution in [0.15, 0.2) is 29.1 Å². The van der Waals surface area contributed by atoms with E-state index in [1.54, 1.807) is 6.20 Å². The van der Waals surface area contributed by atoms with Crippen LogP contribution < -0.4 is 9.80 Å². The Hall–Kier alpha value is -2.41. The summed E-state index contributed by atoms with van der Waals surface area (Å²) in [6.07, 6.45) is 3.96. The molecule has 3 aromatic rings. The van der Waals surface area contributed by atoms with E-state index in [4.69, 9.17) is 16.0 Å². The number of halogens is 1. The summed E-state index contributed by atoms with van der Waals surface area (Å²) in [5.41, 5.74) is 1.30. The molecular formula is C16H17ClN6O. The predicted octanol–water partition coefficient (Wildman–Crippen LogP) is 2.56. The summed E-state index contributed by atoms with van der Waals surface area (Å²) in [6.45, 7) is 5.41. The zero-order valence-corrected chi connectivity index (χ0v) is 14.1. The first-order chi connectivity index (χ1) is 11.7. The first-order valence-corrected chi connectivity index (χ1v) is 8.34. The van der Waals surface area contributed by atoms with E-state index in [0.29, 0.717) is 16.6 Å². The van der Waals surface area contributed by atoms with Gasteiger partial charge in [-0.2, -0.15) is 4.98 Å². The van der Waals surface area contributed by atoms with Gasteiger partial charge < -0.3 is 14.2 Å². The molecule has 4 rings (SSSR count). The summed E-state index contributed by atoms with van der Waals surface area (Å²) < 4.78 is 5.63. The number of piperazine rings is 1. The minimum absolute atomic E-state index is 0.554. The second kappa shape index (κ2) is 6.24. The monoisotopic (exact) mass is 344 g/mol. The average molecular weight is 345 g/mol. The Morgan fingerprint density at radius 1 is 1.08 bits per heavy atom. The van der Waals surface area contributed by atoms with E-state index in [1.807, 2.05) is 19.1 Å². The molecule has 124 valence electrons. The van der Waals surface area contributed by atoms with Crippen LogP contribution in [0.5, 0.6) is 0 Å². The smallest absolute Gasteiger partial charge is 0.252 e. The molecule has 0 N–H and O–H groups in total. The zero-order valence-electron chi connectivity index (χ0n) is 13.3. The number of rotatable bonds is 3. The number of pyridine rings is 1. The van der Waals surface area contributed by atoms with Crippen molar-refractivity contribution in [2.24, 2.45) is 0 Å². The third-order valence-corrected chi connectivity index (χ3v) is 4.36. The van der Waals surface area contributed by atoms with Crippen molar-refractivity contribution in [3.05, 3.63) is 35.6 Å². The first-order valence-electron chi connectivity index (χ1n) is 7.96. The van der Waals surface area contributed by atoms with Gasteiger partial charge in [0.2, 0.25) is 0 Å². The molecule has 0 amide bonds. The van der Waals surface area contributed by atoms with Gasteiger partial charge in [-0.1, -0.05) is 18.5 Å². The number of hydrogen-bond acceptors (Lipinski definition) is 7. The van der Waals surface area contributed by atoms with E-state index in [1.165, 1.54) is 6.33 Å². The largest absolute Gasteiger partial charge is 0.422 e. The number of hydrogen-bond donors (Lipinski definition) is 0. The molecule has 24 heavy (non-hydrogen) atoms. The van der Waals surface area contributed by atoms with E-state index in [-0.39, 0.29) is 0 Å². The average Bonchev–Trinajstić information content (AvgIpc) is 3.06. The molecule has 0 aromatic carbocycles. The molecule has 1 saturated heterocycles. The van der Waals surface area contributed by atoms with Crippen LogP contribution in [0.25, 0.3) is 11.2 Å². The number of fused-ring (bicyclic) bond motifs is 1. The molecular weight excluding hydrogens is 328 g/mol. The van der Waals surface area contributed by atoms with Crippen molar-refractivity contribution in [1.82, 2.24) is 19.9 Å². The van der Waals surface area contributed by atoms with Crippen LogP contribution in [-0.2, 0) is 6.42 Å². The lowest BCUT2D eigenvalue weighted by molar-refractivity contribution is 0.529. The van der Waals surface area contributed by atoms with Crippen molar-refractivity contribution in [3.63, 3.8) is 0 Å². The maximum atomic E-state index is 5.90. The van der Waals surface area contributed by atoms with Gasteiger partial charge in [0.15, 0.2) is 17.2 Å². The van der Waals surface area contributed by atoms with Crippen molar-refractivity contribution in [2.75, 3.05) is 36.0 Å². The van der Waals surface area contributed by atoms with Gasteiger partial charge in [-0.05, 0) is 12.1 Å². The molecule has 4 heterocycles. The molecule has 0 spiro atoms. The summed E-state index contributed by atoms with van der Waals surface area (Å²) in [7, 11) is 0. The number of anilines is 2. The number of aryl methyl sites for hydroxylation is 1. The quantitative estimate of drug-likeness (QED) is 0.723. The highest BCUT2D eigenvalue weighted by atomic mass is 35.5. The second-order valence-electron chi connectivity index (χ2n) is 5.62. The van der Waals surface area contributed by atoms with Crippen LogP contribution in [0.3, 0.4) is 0 Å². The lowest BCUT2D eigenvalue weighted by atomic mass is 10.3. The van der Waals surface area contributed by atoms with Gasteiger partial charge in [0.05, 0.1) is 5.02 Å². The number of nitrogens with zero attached hydrogens (tertiary/aromatic N) is 6. The van der Waals surface area contributed by atoms with Crippen molar-refractivity contribution >= 4 is 34.5 Å². The summed E-state index contributed by atoms with van der Waals surface area (Å²) in [4.78, 5) is 22.0. The highest BCUT2D eigenvalue weighted by molar-refractivity contribution is 6.30. The fraction of sp³-hybridized carbons (Fsp3) is 0.375. The van der Waals surface area contributed by atoms with Crippen LogP contribution >= 0.6 is 11.6 Å². The molecule has 3 aromatic heterocycles. The standard InChI is InChI=1S/C16H17ClN6O/c1-2-13-21-14-15(19-10-20-16(14)24-13)23-7-5-22(6-8-23)12-4-3-11(17)9-18-12/h3-4,9-10H,2,5-8H2,1H3. The Labute approximate surface area is 144 Å². The van der Waals surface area contributed by atoms with E-state index < -0.39 is 0 Å². The fourth-order valence-electron chi connectivity index (χ4n) is 2.87. The third kappa shape index (κ3) is 2.75. The molecule has 7 nitrogen and oxygen atoms in total. The van der Waals surface area contributed by atoms with Gasteiger partial charge in [-0.15, -0.1) is 0 Å². The molecule has 1 aliphatic heterocycles. The molecule has 1 fully saturated rings. The maximum absolute atomic E-state index is 5.90. The fourth-order valence-corrected chi connectivity index (χ4v) is 2.98. The molecule has 0 unspecified atom stereocenters. The minimum Gasteiger partial charge on any atom is -0.422 e. The summed E-state index contributed by atoms with van der Waals surface area (Å²) >= 11 is 5.90. The van der Waals surface area contributed by atoms with Gasteiger partial charge in [0, 0.05) is 38.8 Å². The minimum atomic E-state index is 0.554.